The van der Waals surface area contributed by atoms with Crippen molar-refractivity contribution < 1.29 is 19.1 Å². The lowest BCUT2D eigenvalue weighted by Gasteiger charge is -2.05. The van der Waals surface area contributed by atoms with Crippen LogP contribution < -0.4 is 10.4 Å². The minimum absolute atomic E-state index is 0.190. The van der Waals surface area contributed by atoms with Gasteiger partial charge < -0.3 is 14.3 Å². The molecule has 86 valence electrons. The van der Waals surface area contributed by atoms with E-state index in [0.717, 1.165) is 6.08 Å². The molecule has 0 aliphatic rings. The number of hydrogen-bond donors (Lipinski definition) is 1. The van der Waals surface area contributed by atoms with Gasteiger partial charge in [-0.15, -0.1) is 0 Å². The Morgan fingerprint density at radius 3 is 2.69 bits per heavy atom. The fourth-order valence-corrected chi connectivity index (χ4v) is 1.20. The van der Waals surface area contributed by atoms with Crippen LogP contribution in [0.5, 0.6) is 5.75 Å². The van der Waals surface area contributed by atoms with E-state index in [2.05, 4.69) is 0 Å². The molecule has 0 spiro atoms. The van der Waals surface area contributed by atoms with Gasteiger partial charge in [0.2, 0.25) is 0 Å². The number of ether oxygens (including phenoxy) is 1. The molecule has 1 aromatic rings. The first-order valence-electron chi connectivity index (χ1n) is 4.56. The predicted molar refractivity (Wildman–Crippen MR) is 57.6 cm³/mol. The SMILES string of the molecule is COc1cc(C(C)=CC(=O)O)oc(=O)c1C. The molecule has 16 heavy (non-hydrogen) atoms. The van der Waals surface area contributed by atoms with Crippen molar-refractivity contribution in [3.05, 3.63) is 33.9 Å². The van der Waals surface area contributed by atoms with Gasteiger partial charge in [0.05, 0.1) is 12.7 Å². The monoisotopic (exact) mass is 224 g/mol. The molecule has 0 atom stereocenters. The highest BCUT2D eigenvalue weighted by atomic mass is 16.5. The van der Waals surface area contributed by atoms with Gasteiger partial charge in [-0.2, -0.15) is 0 Å². The summed E-state index contributed by atoms with van der Waals surface area (Å²) in [4.78, 5) is 21.9. The largest absolute Gasteiger partial charge is 0.496 e. The van der Waals surface area contributed by atoms with E-state index in [0.29, 0.717) is 16.9 Å². The molecule has 5 nitrogen and oxygen atoms in total. The van der Waals surface area contributed by atoms with Crippen molar-refractivity contribution in [2.75, 3.05) is 7.11 Å². The van der Waals surface area contributed by atoms with Gasteiger partial charge in [-0.1, -0.05) is 0 Å². The molecule has 0 saturated carbocycles. The van der Waals surface area contributed by atoms with Crippen molar-refractivity contribution in [2.45, 2.75) is 13.8 Å². The van der Waals surface area contributed by atoms with Gasteiger partial charge in [0, 0.05) is 12.1 Å². The number of rotatable bonds is 3. The second kappa shape index (κ2) is 4.65. The van der Waals surface area contributed by atoms with E-state index in [1.807, 2.05) is 0 Å². The van der Waals surface area contributed by atoms with E-state index < -0.39 is 11.6 Å². The molecule has 0 bridgehead atoms. The lowest BCUT2D eigenvalue weighted by Crippen LogP contribution is -2.07. The highest BCUT2D eigenvalue weighted by Gasteiger charge is 2.10. The second-order valence-corrected chi connectivity index (χ2v) is 3.26. The van der Waals surface area contributed by atoms with E-state index in [4.69, 9.17) is 14.3 Å². The standard InChI is InChI=1S/C11H12O5/c1-6(4-10(12)13)8-5-9(15-3)7(2)11(14)16-8/h4-5H,1-3H3,(H,12,13). The molecule has 0 aliphatic heterocycles. The van der Waals surface area contributed by atoms with Crippen molar-refractivity contribution in [1.29, 1.82) is 0 Å². The Hall–Kier alpha value is -2.04. The van der Waals surface area contributed by atoms with Crippen LogP contribution in [0.2, 0.25) is 0 Å². The molecule has 0 aliphatic carbocycles. The highest BCUT2D eigenvalue weighted by Crippen LogP contribution is 2.20. The Morgan fingerprint density at radius 1 is 1.56 bits per heavy atom. The summed E-state index contributed by atoms with van der Waals surface area (Å²) in [6.45, 7) is 3.12. The van der Waals surface area contributed by atoms with Crippen molar-refractivity contribution in [3.8, 4) is 5.75 Å². The quantitative estimate of drug-likeness (QED) is 0.786. The molecule has 0 aromatic carbocycles. The summed E-state index contributed by atoms with van der Waals surface area (Å²) in [6.07, 6.45) is 0.965. The molecule has 1 rings (SSSR count). The maximum Gasteiger partial charge on any atom is 0.342 e. The molecule has 0 fully saturated rings. The van der Waals surface area contributed by atoms with Crippen molar-refractivity contribution in [3.63, 3.8) is 0 Å². The number of allylic oxidation sites excluding steroid dienone is 1. The van der Waals surface area contributed by atoms with E-state index >= 15 is 0 Å². The first kappa shape index (κ1) is 12.0. The number of hydrogen-bond acceptors (Lipinski definition) is 4. The van der Waals surface area contributed by atoms with Gasteiger partial charge in [-0.25, -0.2) is 9.59 Å². The number of methoxy groups -OCH3 is 1. The summed E-state index contributed by atoms with van der Waals surface area (Å²) in [5.41, 5.74) is 0.171. The third-order valence-electron chi connectivity index (χ3n) is 2.09. The first-order valence-corrected chi connectivity index (χ1v) is 4.56. The Bertz CT molecular complexity index is 496. The molecule has 1 aromatic heterocycles. The first-order chi connectivity index (χ1) is 7.45. The van der Waals surface area contributed by atoms with Crippen molar-refractivity contribution in [2.24, 2.45) is 0 Å². The van der Waals surface area contributed by atoms with Crippen LogP contribution in [-0.4, -0.2) is 18.2 Å². The van der Waals surface area contributed by atoms with E-state index in [-0.39, 0.29) is 5.76 Å². The number of carbonyl (C=O) groups is 1. The summed E-state index contributed by atoms with van der Waals surface area (Å²) >= 11 is 0. The zero-order valence-corrected chi connectivity index (χ0v) is 9.23. The van der Waals surface area contributed by atoms with Crippen LogP contribution in [0.4, 0.5) is 0 Å². The van der Waals surface area contributed by atoms with Crippen LogP contribution >= 0.6 is 0 Å². The van der Waals surface area contributed by atoms with Crippen LogP contribution in [-0.2, 0) is 4.79 Å². The molecule has 1 N–H and O–H groups in total. The molecule has 0 amide bonds. The summed E-state index contributed by atoms with van der Waals surface area (Å²) < 4.78 is 9.93. The van der Waals surface area contributed by atoms with E-state index in [1.54, 1.807) is 13.8 Å². The van der Waals surface area contributed by atoms with Crippen molar-refractivity contribution in [1.82, 2.24) is 0 Å². The smallest absolute Gasteiger partial charge is 0.342 e. The zero-order chi connectivity index (χ0) is 12.3. The fourth-order valence-electron chi connectivity index (χ4n) is 1.20. The van der Waals surface area contributed by atoms with Crippen LogP contribution in [0.15, 0.2) is 21.4 Å². The lowest BCUT2D eigenvalue weighted by atomic mass is 10.2. The molecule has 1 heterocycles. The number of carboxylic acid groups (broad SMARTS) is 1. The fraction of sp³-hybridized carbons (Fsp3) is 0.273. The summed E-state index contributed by atoms with van der Waals surface area (Å²) in [5, 5.41) is 8.57. The molecule has 0 saturated heterocycles. The predicted octanol–water partition coefficient (Wildman–Crippen LogP) is 1.44. The highest BCUT2D eigenvalue weighted by molar-refractivity contribution is 5.88. The topological polar surface area (TPSA) is 76.7 Å². The number of carboxylic acids is 1. The summed E-state index contributed by atoms with van der Waals surface area (Å²) in [6, 6.07) is 1.49. The van der Waals surface area contributed by atoms with Gasteiger partial charge >= 0.3 is 11.6 Å². The minimum atomic E-state index is -1.10. The van der Waals surface area contributed by atoms with Gasteiger partial charge in [-0.05, 0) is 19.4 Å². The lowest BCUT2D eigenvalue weighted by molar-refractivity contribution is -0.131. The third kappa shape index (κ3) is 2.50. The molecular formula is C11H12O5. The molecule has 0 radical (unpaired) electrons. The summed E-state index contributed by atoms with van der Waals surface area (Å²) in [7, 11) is 1.43. The van der Waals surface area contributed by atoms with Gasteiger partial charge in [0.1, 0.15) is 11.5 Å². The Labute approximate surface area is 92.0 Å². The minimum Gasteiger partial charge on any atom is -0.496 e. The van der Waals surface area contributed by atoms with Crippen LogP contribution in [0.25, 0.3) is 5.57 Å². The van der Waals surface area contributed by atoms with Gasteiger partial charge in [0.15, 0.2) is 0 Å². The van der Waals surface area contributed by atoms with Crippen LogP contribution in [0.3, 0.4) is 0 Å². The van der Waals surface area contributed by atoms with E-state index in [9.17, 15) is 9.59 Å². The molecule has 0 unspecified atom stereocenters. The number of aliphatic carboxylic acids is 1. The Balaban J connectivity index is 3.32. The Morgan fingerprint density at radius 2 is 2.19 bits per heavy atom. The van der Waals surface area contributed by atoms with Crippen LogP contribution in [0, 0.1) is 6.92 Å². The summed E-state index contributed by atoms with van der Waals surface area (Å²) in [5.74, 6) is -0.529. The second-order valence-electron chi connectivity index (χ2n) is 3.26. The van der Waals surface area contributed by atoms with Gasteiger partial charge in [-0.3, -0.25) is 0 Å². The maximum atomic E-state index is 11.4. The van der Waals surface area contributed by atoms with Crippen LogP contribution in [0.1, 0.15) is 18.2 Å². The molecular weight excluding hydrogens is 212 g/mol. The maximum absolute atomic E-state index is 11.4. The average molecular weight is 224 g/mol. The Kier molecular flexibility index (Phi) is 3.50. The van der Waals surface area contributed by atoms with Gasteiger partial charge in [0.25, 0.3) is 0 Å². The van der Waals surface area contributed by atoms with E-state index in [1.165, 1.54) is 13.2 Å². The molecule has 5 heteroatoms. The third-order valence-corrected chi connectivity index (χ3v) is 2.09. The van der Waals surface area contributed by atoms with Crippen molar-refractivity contribution >= 4 is 11.5 Å². The normalized spacial score (nSPS) is 11.3. The average Bonchev–Trinajstić information content (AvgIpc) is 2.20. The zero-order valence-electron chi connectivity index (χ0n) is 9.23.